The zero-order valence-corrected chi connectivity index (χ0v) is 15.2. The van der Waals surface area contributed by atoms with Crippen molar-refractivity contribution >= 4 is 27.8 Å². The molecule has 1 aromatic heterocycles. The average molecular weight is 380 g/mol. The molecular formula is C15H19F3N2O2S2. The van der Waals surface area contributed by atoms with Crippen molar-refractivity contribution in [3.63, 3.8) is 0 Å². The Kier molecular flexibility index (Phi) is 7.47. The SMILES string of the molecule is CC.CCS(=O)(=O)c1cccnc1C1CC=C(SC(F)(F)F)C=N1. The van der Waals surface area contributed by atoms with E-state index in [0.29, 0.717) is 0 Å². The second kappa shape index (κ2) is 8.66. The molecule has 2 heterocycles. The minimum Gasteiger partial charge on any atom is -0.282 e. The molecule has 0 aromatic carbocycles. The maximum Gasteiger partial charge on any atom is 0.446 e. The molecule has 0 radical (unpaired) electrons. The lowest BCUT2D eigenvalue weighted by atomic mass is 10.1. The van der Waals surface area contributed by atoms with Crippen LogP contribution in [0.25, 0.3) is 0 Å². The molecule has 0 amide bonds. The van der Waals surface area contributed by atoms with Gasteiger partial charge in [-0.2, -0.15) is 13.2 Å². The van der Waals surface area contributed by atoms with E-state index < -0.39 is 21.4 Å². The number of sulfone groups is 1. The fourth-order valence-electron chi connectivity index (χ4n) is 1.96. The summed E-state index contributed by atoms with van der Waals surface area (Å²) in [6.45, 7) is 5.52. The Bertz CT molecular complexity index is 714. The van der Waals surface area contributed by atoms with Crippen molar-refractivity contribution in [2.45, 2.75) is 43.6 Å². The molecule has 1 aliphatic heterocycles. The number of allylic oxidation sites excluding steroid dienone is 1. The van der Waals surface area contributed by atoms with Gasteiger partial charge in [-0.25, -0.2) is 8.42 Å². The minimum absolute atomic E-state index is 0.000389. The van der Waals surface area contributed by atoms with Crippen LogP contribution in [0, 0.1) is 0 Å². The molecule has 1 unspecified atom stereocenters. The molecule has 1 aromatic rings. The quantitative estimate of drug-likeness (QED) is 0.769. The van der Waals surface area contributed by atoms with E-state index in [0.717, 1.165) is 6.21 Å². The molecule has 0 spiro atoms. The van der Waals surface area contributed by atoms with Gasteiger partial charge in [-0.1, -0.05) is 26.8 Å². The third-order valence-electron chi connectivity index (χ3n) is 2.99. The van der Waals surface area contributed by atoms with Crippen LogP contribution in [0.5, 0.6) is 0 Å². The van der Waals surface area contributed by atoms with Crippen LogP contribution < -0.4 is 0 Å². The molecule has 9 heteroatoms. The lowest BCUT2D eigenvalue weighted by Gasteiger charge is -2.18. The molecule has 1 atom stereocenters. The topological polar surface area (TPSA) is 59.4 Å². The molecular weight excluding hydrogens is 361 g/mol. The van der Waals surface area contributed by atoms with Crippen molar-refractivity contribution < 1.29 is 21.6 Å². The van der Waals surface area contributed by atoms with Gasteiger partial charge in [0.05, 0.1) is 22.4 Å². The third kappa shape index (κ3) is 5.62. The summed E-state index contributed by atoms with van der Waals surface area (Å²) in [4.78, 5) is 8.18. The van der Waals surface area contributed by atoms with Crippen LogP contribution in [0.1, 0.15) is 38.9 Å². The van der Waals surface area contributed by atoms with Crippen molar-refractivity contribution in [3.05, 3.63) is 35.0 Å². The second-order valence-electron chi connectivity index (χ2n) is 4.47. The van der Waals surface area contributed by atoms with E-state index >= 15 is 0 Å². The normalized spacial score (nSPS) is 17.8. The van der Waals surface area contributed by atoms with E-state index in [9.17, 15) is 21.6 Å². The lowest BCUT2D eigenvalue weighted by Crippen LogP contribution is -2.13. The zero-order chi connectivity index (χ0) is 18.4. The highest BCUT2D eigenvalue weighted by Gasteiger charge is 2.31. The van der Waals surface area contributed by atoms with Gasteiger partial charge >= 0.3 is 5.51 Å². The van der Waals surface area contributed by atoms with Gasteiger partial charge in [0.25, 0.3) is 0 Å². The van der Waals surface area contributed by atoms with Crippen LogP contribution in [0.3, 0.4) is 0 Å². The zero-order valence-electron chi connectivity index (χ0n) is 13.5. The lowest BCUT2D eigenvalue weighted by molar-refractivity contribution is -0.0321. The van der Waals surface area contributed by atoms with Gasteiger partial charge in [0.1, 0.15) is 0 Å². The average Bonchev–Trinajstić information content (AvgIpc) is 2.56. The number of pyridine rings is 1. The fraction of sp³-hybridized carbons (Fsp3) is 0.467. The number of hydrogen-bond acceptors (Lipinski definition) is 5. The van der Waals surface area contributed by atoms with E-state index in [2.05, 4.69) is 9.98 Å². The van der Waals surface area contributed by atoms with Gasteiger partial charge in [-0.15, -0.1) is 0 Å². The summed E-state index contributed by atoms with van der Waals surface area (Å²) in [5.74, 6) is -0.0762. The maximum atomic E-state index is 12.3. The summed E-state index contributed by atoms with van der Waals surface area (Å²) >= 11 is -0.238. The first-order valence-electron chi connectivity index (χ1n) is 7.39. The number of nitrogens with zero attached hydrogens (tertiary/aromatic N) is 2. The largest absolute Gasteiger partial charge is 0.446 e. The van der Waals surface area contributed by atoms with Crippen LogP contribution >= 0.6 is 11.8 Å². The molecule has 0 aliphatic carbocycles. The highest BCUT2D eigenvalue weighted by atomic mass is 32.2. The van der Waals surface area contributed by atoms with E-state index in [1.165, 1.54) is 31.3 Å². The number of alkyl halides is 3. The molecule has 0 N–H and O–H groups in total. The number of aliphatic imine (C=N–C) groups is 1. The minimum atomic E-state index is -4.37. The predicted molar refractivity (Wildman–Crippen MR) is 90.9 cm³/mol. The molecule has 24 heavy (non-hydrogen) atoms. The Morgan fingerprint density at radius 3 is 2.50 bits per heavy atom. The van der Waals surface area contributed by atoms with Crippen LogP contribution in [-0.2, 0) is 9.84 Å². The van der Waals surface area contributed by atoms with Crippen LogP contribution in [0.2, 0.25) is 0 Å². The van der Waals surface area contributed by atoms with Crippen molar-refractivity contribution in [2.75, 3.05) is 5.75 Å². The monoisotopic (exact) mass is 380 g/mol. The number of thioether (sulfide) groups is 1. The second-order valence-corrected chi connectivity index (χ2v) is 7.86. The maximum absolute atomic E-state index is 12.3. The van der Waals surface area contributed by atoms with Crippen molar-refractivity contribution in [2.24, 2.45) is 4.99 Å². The van der Waals surface area contributed by atoms with Crippen LogP contribution in [0.4, 0.5) is 13.2 Å². The molecule has 0 saturated heterocycles. The standard InChI is InChI=1S/C13H13F3N2O2S2.C2H6/c1-2-22(19,20)11-4-3-7-17-12(11)10-6-5-9(8-18-10)21-13(14,15)16;1-2/h3-5,7-8,10H,2,6H2,1H3;1-2H3. The fourth-order valence-corrected chi connectivity index (χ4v) is 3.62. The molecule has 2 rings (SSSR count). The Balaban J connectivity index is 0.00000139. The first kappa shape index (κ1) is 20.7. The molecule has 134 valence electrons. The van der Waals surface area contributed by atoms with Crippen LogP contribution in [-0.4, -0.2) is 30.9 Å². The first-order valence-corrected chi connectivity index (χ1v) is 9.86. The Labute approximate surface area is 144 Å². The van der Waals surface area contributed by atoms with Crippen molar-refractivity contribution in [3.8, 4) is 0 Å². The first-order chi connectivity index (χ1) is 11.2. The number of rotatable bonds is 4. The third-order valence-corrected chi connectivity index (χ3v) is 5.50. The van der Waals surface area contributed by atoms with E-state index in [-0.39, 0.29) is 39.4 Å². The Morgan fingerprint density at radius 2 is 2.00 bits per heavy atom. The number of hydrogen-bond donors (Lipinski definition) is 0. The van der Waals surface area contributed by atoms with Gasteiger partial charge in [0, 0.05) is 17.3 Å². The Morgan fingerprint density at radius 1 is 1.33 bits per heavy atom. The van der Waals surface area contributed by atoms with E-state index in [1.54, 1.807) is 0 Å². The highest BCUT2D eigenvalue weighted by molar-refractivity contribution is 8.04. The van der Waals surface area contributed by atoms with Crippen LogP contribution in [0.15, 0.2) is 39.2 Å². The van der Waals surface area contributed by atoms with E-state index in [4.69, 9.17) is 0 Å². The number of halogens is 3. The van der Waals surface area contributed by atoms with Gasteiger partial charge in [-0.05, 0) is 30.3 Å². The summed E-state index contributed by atoms with van der Waals surface area (Å²) in [5, 5.41) is 0. The number of aromatic nitrogens is 1. The smallest absolute Gasteiger partial charge is 0.282 e. The summed E-state index contributed by atoms with van der Waals surface area (Å²) in [6, 6.07) is 2.37. The molecule has 0 saturated carbocycles. The summed E-state index contributed by atoms with van der Waals surface area (Å²) in [6.07, 6.45) is 4.14. The molecule has 0 bridgehead atoms. The predicted octanol–water partition coefficient (Wildman–Crippen LogP) is 4.55. The van der Waals surface area contributed by atoms with Gasteiger partial charge in [-0.3, -0.25) is 9.98 Å². The number of dihydropyridines is 1. The summed E-state index contributed by atoms with van der Waals surface area (Å²) in [5.41, 5.74) is -4.10. The van der Waals surface area contributed by atoms with Gasteiger partial charge in [0.15, 0.2) is 9.84 Å². The van der Waals surface area contributed by atoms with Crippen molar-refractivity contribution in [1.29, 1.82) is 0 Å². The molecule has 1 aliphatic rings. The summed E-state index contributed by atoms with van der Waals surface area (Å²) in [7, 11) is -3.46. The highest BCUT2D eigenvalue weighted by Crippen LogP contribution is 2.38. The van der Waals surface area contributed by atoms with Gasteiger partial charge < -0.3 is 0 Å². The summed E-state index contributed by atoms with van der Waals surface area (Å²) < 4.78 is 61.0. The van der Waals surface area contributed by atoms with E-state index in [1.807, 2.05) is 13.8 Å². The van der Waals surface area contributed by atoms with Gasteiger partial charge in [0.2, 0.25) is 0 Å². The Hall–Kier alpha value is -1.35. The molecule has 4 nitrogen and oxygen atoms in total. The molecule has 0 fully saturated rings. The van der Waals surface area contributed by atoms with Crippen molar-refractivity contribution in [1.82, 2.24) is 4.98 Å².